The highest BCUT2D eigenvalue weighted by molar-refractivity contribution is 5.97. The fourth-order valence-electron chi connectivity index (χ4n) is 2.67. The molecule has 0 radical (unpaired) electrons. The molecule has 2 rings (SSSR count). The van der Waals surface area contributed by atoms with Gasteiger partial charge in [0.2, 0.25) is 5.91 Å². The van der Waals surface area contributed by atoms with Gasteiger partial charge in [-0.15, -0.1) is 0 Å². The molecule has 21 heavy (non-hydrogen) atoms. The van der Waals surface area contributed by atoms with Crippen LogP contribution in [0.2, 0.25) is 0 Å². The Kier molecular flexibility index (Phi) is 5.78. The van der Waals surface area contributed by atoms with Crippen LogP contribution in [0.3, 0.4) is 0 Å². The summed E-state index contributed by atoms with van der Waals surface area (Å²) in [6, 6.07) is 8.54. The fourth-order valence-corrected chi connectivity index (χ4v) is 2.67. The average Bonchev–Trinajstić information content (AvgIpc) is 2.47. The zero-order valence-electron chi connectivity index (χ0n) is 12.7. The van der Waals surface area contributed by atoms with Crippen LogP contribution in [0.25, 0.3) is 0 Å². The third-order valence-electron chi connectivity index (χ3n) is 3.92. The smallest absolute Gasteiger partial charge is 0.251 e. The van der Waals surface area contributed by atoms with E-state index in [1.165, 1.54) is 19.3 Å². The van der Waals surface area contributed by atoms with E-state index in [0.29, 0.717) is 5.56 Å². The van der Waals surface area contributed by atoms with E-state index in [2.05, 4.69) is 5.32 Å². The highest BCUT2D eigenvalue weighted by Crippen LogP contribution is 2.11. The van der Waals surface area contributed by atoms with Gasteiger partial charge in [0.15, 0.2) is 0 Å². The molecule has 1 fully saturated rings. The normalized spacial score (nSPS) is 17.5. The lowest BCUT2D eigenvalue weighted by molar-refractivity contribution is -0.133. The molecule has 4 nitrogen and oxygen atoms in total. The fraction of sp³-hybridized carbons (Fsp3) is 0.529. The van der Waals surface area contributed by atoms with Crippen molar-refractivity contribution in [3.8, 4) is 0 Å². The molecule has 1 aromatic carbocycles. The van der Waals surface area contributed by atoms with Crippen molar-refractivity contribution >= 4 is 11.8 Å². The largest absolute Gasteiger partial charge is 0.341 e. The number of benzene rings is 1. The molecule has 1 atom stereocenters. The van der Waals surface area contributed by atoms with E-state index in [4.69, 9.17) is 0 Å². The van der Waals surface area contributed by atoms with Crippen molar-refractivity contribution in [2.24, 2.45) is 0 Å². The van der Waals surface area contributed by atoms with Crippen molar-refractivity contribution in [2.45, 2.75) is 45.1 Å². The Bertz CT molecular complexity index is 465. The van der Waals surface area contributed by atoms with Gasteiger partial charge in [-0.1, -0.05) is 37.5 Å². The maximum absolute atomic E-state index is 12.4. The zero-order chi connectivity index (χ0) is 15.1. The average molecular weight is 288 g/mol. The standard InChI is InChI=1S/C17H24N2O2/c1-14(18-16(20)15-10-6-5-7-11-15)17(21)19-12-8-3-2-4-9-13-19/h5-7,10-11,14H,2-4,8-9,12-13H2,1H3,(H,18,20). The van der Waals surface area contributed by atoms with Gasteiger partial charge in [-0.3, -0.25) is 9.59 Å². The number of likely N-dealkylation sites (tertiary alicyclic amines) is 1. The van der Waals surface area contributed by atoms with Gasteiger partial charge >= 0.3 is 0 Å². The summed E-state index contributed by atoms with van der Waals surface area (Å²) in [5, 5.41) is 2.80. The molecule has 114 valence electrons. The third-order valence-corrected chi connectivity index (χ3v) is 3.92. The lowest BCUT2D eigenvalue weighted by Gasteiger charge is -2.27. The summed E-state index contributed by atoms with van der Waals surface area (Å²) in [5.74, 6) is -0.162. The van der Waals surface area contributed by atoms with Crippen LogP contribution in [0.4, 0.5) is 0 Å². The quantitative estimate of drug-likeness (QED) is 0.929. The third kappa shape index (κ3) is 4.59. The van der Waals surface area contributed by atoms with E-state index in [1.807, 2.05) is 23.1 Å². The van der Waals surface area contributed by atoms with Crippen LogP contribution in [0, 0.1) is 0 Å². The van der Waals surface area contributed by atoms with Crippen molar-refractivity contribution in [3.63, 3.8) is 0 Å². The number of hydrogen-bond acceptors (Lipinski definition) is 2. The van der Waals surface area contributed by atoms with Gasteiger partial charge in [-0.05, 0) is 31.9 Å². The van der Waals surface area contributed by atoms with Crippen molar-refractivity contribution < 1.29 is 9.59 Å². The molecule has 0 saturated carbocycles. The summed E-state index contributed by atoms with van der Waals surface area (Å²) >= 11 is 0. The Morgan fingerprint density at radius 1 is 1.00 bits per heavy atom. The summed E-state index contributed by atoms with van der Waals surface area (Å²) in [6.45, 7) is 3.39. The first-order chi connectivity index (χ1) is 10.2. The van der Waals surface area contributed by atoms with Crippen LogP contribution < -0.4 is 5.32 Å². The number of carbonyl (C=O) groups excluding carboxylic acids is 2. The number of nitrogens with zero attached hydrogens (tertiary/aromatic N) is 1. The van der Waals surface area contributed by atoms with Crippen LogP contribution in [0.5, 0.6) is 0 Å². The Hall–Kier alpha value is -1.84. The van der Waals surface area contributed by atoms with Crippen LogP contribution in [-0.2, 0) is 4.79 Å². The summed E-state index contributed by atoms with van der Waals surface area (Å²) in [5.41, 5.74) is 0.588. The molecule has 4 heteroatoms. The Morgan fingerprint density at radius 2 is 1.57 bits per heavy atom. The first-order valence-electron chi connectivity index (χ1n) is 7.83. The molecular formula is C17H24N2O2. The minimum absolute atomic E-state index is 0.0289. The highest BCUT2D eigenvalue weighted by atomic mass is 16.2. The number of rotatable bonds is 3. The van der Waals surface area contributed by atoms with Crippen molar-refractivity contribution in [1.29, 1.82) is 0 Å². The molecule has 1 aliphatic heterocycles. The van der Waals surface area contributed by atoms with Crippen LogP contribution in [0.15, 0.2) is 30.3 Å². The van der Waals surface area contributed by atoms with Crippen molar-refractivity contribution in [2.75, 3.05) is 13.1 Å². The van der Waals surface area contributed by atoms with E-state index < -0.39 is 6.04 Å². The Labute approximate surface area is 126 Å². The second-order valence-electron chi connectivity index (χ2n) is 5.65. The maximum Gasteiger partial charge on any atom is 0.251 e. The van der Waals surface area contributed by atoms with Gasteiger partial charge in [-0.25, -0.2) is 0 Å². The van der Waals surface area contributed by atoms with Gasteiger partial charge in [0, 0.05) is 18.7 Å². The van der Waals surface area contributed by atoms with Gasteiger partial charge in [-0.2, -0.15) is 0 Å². The van der Waals surface area contributed by atoms with E-state index in [-0.39, 0.29) is 11.8 Å². The van der Waals surface area contributed by atoms with E-state index in [0.717, 1.165) is 25.9 Å². The summed E-state index contributed by atoms with van der Waals surface area (Å²) in [4.78, 5) is 26.4. The van der Waals surface area contributed by atoms with Gasteiger partial charge in [0.1, 0.15) is 6.04 Å². The first kappa shape index (κ1) is 15.5. The van der Waals surface area contributed by atoms with Gasteiger partial charge < -0.3 is 10.2 Å². The molecule has 1 aromatic rings. The molecule has 1 saturated heterocycles. The Morgan fingerprint density at radius 3 is 2.19 bits per heavy atom. The van der Waals surface area contributed by atoms with Crippen molar-refractivity contribution in [1.82, 2.24) is 10.2 Å². The summed E-state index contributed by atoms with van der Waals surface area (Å²) in [7, 11) is 0. The van der Waals surface area contributed by atoms with Crippen LogP contribution in [-0.4, -0.2) is 35.8 Å². The number of nitrogens with one attached hydrogen (secondary N) is 1. The predicted octanol–water partition coefficient (Wildman–Crippen LogP) is 2.60. The summed E-state index contributed by atoms with van der Waals surface area (Å²) in [6.07, 6.45) is 5.77. The topological polar surface area (TPSA) is 49.4 Å². The minimum atomic E-state index is -0.475. The summed E-state index contributed by atoms with van der Waals surface area (Å²) < 4.78 is 0. The van der Waals surface area contributed by atoms with Crippen LogP contribution >= 0.6 is 0 Å². The molecule has 2 amide bonds. The SMILES string of the molecule is CC(NC(=O)c1ccccc1)C(=O)N1CCCCCCC1. The molecule has 0 bridgehead atoms. The van der Waals surface area contributed by atoms with E-state index in [9.17, 15) is 9.59 Å². The zero-order valence-corrected chi connectivity index (χ0v) is 12.7. The highest BCUT2D eigenvalue weighted by Gasteiger charge is 2.22. The molecule has 1 heterocycles. The van der Waals surface area contributed by atoms with Crippen LogP contribution in [0.1, 0.15) is 49.4 Å². The predicted molar refractivity (Wildman–Crippen MR) is 83.0 cm³/mol. The lowest BCUT2D eigenvalue weighted by atomic mass is 10.1. The molecule has 1 unspecified atom stereocenters. The molecule has 0 aromatic heterocycles. The first-order valence-corrected chi connectivity index (χ1v) is 7.83. The van der Waals surface area contributed by atoms with E-state index >= 15 is 0 Å². The second kappa shape index (κ2) is 7.81. The van der Waals surface area contributed by atoms with Gasteiger partial charge in [0.25, 0.3) is 5.91 Å². The molecule has 1 aliphatic rings. The van der Waals surface area contributed by atoms with E-state index in [1.54, 1.807) is 19.1 Å². The molecule has 0 aliphatic carbocycles. The maximum atomic E-state index is 12.4. The second-order valence-corrected chi connectivity index (χ2v) is 5.65. The van der Waals surface area contributed by atoms with Crippen molar-refractivity contribution in [3.05, 3.63) is 35.9 Å². The number of hydrogen-bond donors (Lipinski definition) is 1. The Balaban J connectivity index is 1.90. The monoisotopic (exact) mass is 288 g/mol. The minimum Gasteiger partial charge on any atom is -0.341 e. The number of amides is 2. The molecular weight excluding hydrogens is 264 g/mol. The molecule has 1 N–H and O–H groups in total. The van der Waals surface area contributed by atoms with Gasteiger partial charge in [0.05, 0.1) is 0 Å². The molecule has 0 spiro atoms. The number of carbonyl (C=O) groups is 2. The lowest BCUT2D eigenvalue weighted by Crippen LogP contribution is -2.47.